The van der Waals surface area contributed by atoms with Gasteiger partial charge in [-0.1, -0.05) is 26.7 Å². The Kier molecular flexibility index (Phi) is 5.88. The molecule has 0 aromatic carbocycles. The van der Waals surface area contributed by atoms with Gasteiger partial charge in [0.15, 0.2) is 0 Å². The molecule has 0 heterocycles. The number of hydrogen-bond acceptors (Lipinski definition) is 3. The van der Waals surface area contributed by atoms with Crippen molar-refractivity contribution in [1.82, 2.24) is 10.2 Å². The maximum absolute atomic E-state index is 9.92. The summed E-state index contributed by atoms with van der Waals surface area (Å²) in [5, 5.41) is 13.6. The quantitative estimate of drug-likeness (QED) is 0.718. The molecule has 0 bridgehead atoms. The molecule has 0 saturated heterocycles. The molecule has 2 unspecified atom stereocenters. The Bertz CT molecular complexity index is 291. The Labute approximate surface area is 125 Å². The van der Waals surface area contributed by atoms with E-state index < -0.39 is 0 Å². The number of nitrogens with zero attached hydrogens (tertiary/aromatic N) is 1. The van der Waals surface area contributed by atoms with Gasteiger partial charge in [-0.25, -0.2) is 0 Å². The lowest BCUT2D eigenvalue weighted by molar-refractivity contribution is 0.102. The molecule has 0 spiro atoms. The second-order valence-electron chi connectivity index (χ2n) is 7.55. The second-order valence-corrected chi connectivity index (χ2v) is 7.55. The third kappa shape index (κ3) is 3.96. The summed E-state index contributed by atoms with van der Waals surface area (Å²) < 4.78 is 0. The normalized spacial score (nSPS) is 31.2. The lowest BCUT2D eigenvalue weighted by Crippen LogP contribution is -2.54. The summed E-state index contributed by atoms with van der Waals surface area (Å²) in [6, 6.07) is 0.454. The minimum absolute atomic E-state index is 0.00846. The molecule has 2 aliphatic carbocycles. The number of aliphatic hydroxyl groups excluding tert-OH is 1. The molecule has 2 N–H and O–H groups in total. The van der Waals surface area contributed by atoms with E-state index in [-0.39, 0.29) is 5.54 Å². The van der Waals surface area contributed by atoms with Crippen LogP contribution in [0.25, 0.3) is 0 Å². The lowest BCUT2D eigenvalue weighted by Gasteiger charge is -2.38. The van der Waals surface area contributed by atoms with Gasteiger partial charge in [0, 0.05) is 18.1 Å². The van der Waals surface area contributed by atoms with Crippen LogP contribution in [-0.2, 0) is 0 Å². The van der Waals surface area contributed by atoms with E-state index >= 15 is 0 Å². The van der Waals surface area contributed by atoms with Crippen LogP contribution in [0.15, 0.2) is 0 Å². The van der Waals surface area contributed by atoms with E-state index in [0.717, 1.165) is 12.3 Å². The monoisotopic (exact) mass is 282 g/mol. The molecule has 2 rings (SSSR count). The zero-order valence-electron chi connectivity index (χ0n) is 13.7. The largest absolute Gasteiger partial charge is 0.394 e. The first-order chi connectivity index (χ1) is 9.55. The van der Waals surface area contributed by atoms with Gasteiger partial charge in [0.05, 0.1) is 6.61 Å². The molecule has 0 aromatic rings. The molecule has 3 nitrogen and oxygen atoms in total. The van der Waals surface area contributed by atoms with Crippen LogP contribution < -0.4 is 5.32 Å². The summed E-state index contributed by atoms with van der Waals surface area (Å²) in [4.78, 5) is 2.51. The molecule has 0 amide bonds. The number of rotatable bonds is 8. The maximum Gasteiger partial charge on any atom is 0.0616 e. The minimum Gasteiger partial charge on any atom is -0.394 e. The van der Waals surface area contributed by atoms with Crippen LogP contribution in [0.5, 0.6) is 0 Å². The van der Waals surface area contributed by atoms with Crippen molar-refractivity contribution in [2.75, 3.05) is 26.7 Å². The van der Waals surface area contributed by atoms with E-state index in [4.69, 9.17) is 0 Å². The third-order valence-corrected chi connectivity index (χ3v) is 5.47. The summed E-state index contributed by atoms with van der Waals surface area (Å²) in [6.07, 6.45) is 9.20. The van der Waals surface area contributed by atoms with Crippen molar-refractivity contribution in [2.45, 2.75) is 70.4 Å². The van der Waals surface area contributed by atoms with Crippen LogP contribution in [0.2, 0.25) is 0 Å². The van der Waals surface area contributed by atoms with Crippen molar-refractivity contribution >= 4 is 0 Å². The Balaban J connectivity index is 1.80. The fourth-order valence-corrected chi connectivity index (χ4v) is 4.17. The predicted molar refractivity (Wildman–Crippen MR) is 84.9 cm³/mol. The molecule has 2 aliphatic rings. The van der Waals surface area contributed by atoms with Crippen LogP contribution in [0.3, 0.4) is 0 Å². The Morgan fingerprint density at radius 2 is 2.00 bits per heavy atom. The first kappa shape index (κ1) is 16.3. The highest BCUT2D eigenvalue weighted by Gasteiger charge is 2.42. The van der Waals surface area contributed by atoms with Crippen molar-refractivity contribution in [2.24, 2.45) is 11.8 Å². The maximum atomic E-state index is 9.92. The molecule has 2 saturated carbocycles. The van der Waals surface area contributed by atoms with Gasteiger partial charge in [-0.2, -0.15) is 0 Å². The molecule has 0 aliphatic heterocycles. The molecule has 0 radical (unpaired) electrons. The average molecular weight is 282 g/mol. The second kappa shape index (κ2) is 7.24. The Morgan fingerprint density at radius 3 is 2.55 bits per heavy atom. The summed E-state index contributed by atoms with van der Waals surface area (Å²) in [5.41, 5.74) is -0.00846. The van der Waals surface area contributed by atoms with Gasteiger partial charge < -0.3 is 15.3 Å². The number of aliphatic hydroxyl groups is 1. The highest BCUT2D eigenvalue weighted by molar-refractivity contribution is 4.99. The molecule has 2 atom stereocenters. The van der Waals surface area contributed by atoms with E-state index in [1.807, 2.05) is 0 Å². The molecular formula is C17H34N2O. The van der Waals surface area contributed by atoms with Crippen molar-refractivity contribution in [3.05, 3.63) is 0 Å². The van der Waals surface area contributed by atoms with E-state index in [2.05, 4.69) is 31.1 Å². The fraction of sp³-hybridized carbons (Fsp3) is 1.00. The minimum atomic E-state index is -0.00846. The average Bonchev–Trinajstić information content (AvgIpc) is 2.74. The summed E-state index contributed by atoms with van der Waals surface area (Å²) >= 11 is 0. The fourth-order valence-electron chi connectivity index (χ4n) is 4.17. The van der Waals surface area contributed by atoms with Gasteiger partial charge in [-0.3, -0.25) is 0 Å². The van der Waals surface area contributed by atoms with Gasteiger partial charge in [-0.05, 0) is 57.5 Å². The van der Waals surface area contributed by atoms with E-state index in [9.17, 15) is 5.11 Å². The van der Waals surface area contributed by atoms with Crippen LogP contribution >= 0.6 is 0 Å². The first-order valence-electron chi connectivity index (χ1n) is 8.63. The van der Waals surface area contributed by atoms with E-state index in [0.29, 0.717) is 18.6 Å². The van der Waals surface area contributed by atoms with Gasteiger partial charge >= 0.3 is 0 Å². The standard InChI is InChI=1S/C17H34N2O/c1-14(2)18-17(13-20)10-5-8-16(17)9-11-19(3)12-15-6-4-7-15/h14-16,18,20H,4-13H2,1-3H3. The van der Waals surface area contributed by atoms with Crippen molar-refractivity contribution < 1.29 is 5.11 Å². The van der Waals surface area contributed by atoms with E-state index in [1.54, 1.807) is 0 Å². The number of hydrogen-bond donors (Lipinski definition) is 2. The van der Waals surface area contributed by atoms with Gasteiger partial charge in [0.1, 0.15) is 0 Å². The van der Waals surface area contributed by atoms with Gasteiger partial charge in [-0.15, -0.1) is 0 Å². The van der Waals surface area contributed by atoms with Crippen LogP contribution in [0, 0.1) is 11.8 Å². The highest BCUT2D eigenvalue weighted by Crippen LogP contribution is 2.38. The molecule has 2 fully saturated rings. The molecular weight excluding hydrogens is 248 g/mol. The van der Waals surface area contributed by atoms with Crippen molar-refractivity contribution in [3.63, 3.8) is 0 Å². The van der Waals surface area contributed by atoms with Crippen LogP contribution in [-0.4, -0.2) is 48.3 Å². The topological polar surface area (TPSA) is 35.5 Å². The lowest BCUT2D eigenvalue weighted by atomic mass is 9.83. The third-order valence-electron chi connectivity index (χ3n) is 5.47. The van der Waals surface area contributed by atoms with Crippen molar-refractivity contribution in [1.29, 1.82) is 0 Å². The molecule has 20 heavy (non-hydrogen) atoms. The Morgan fingerprint density at radius 1 is 1.25 bits per heavy atom. The zero-order chi connectivity index (χ0) is 14.6. The molecule has 118 valence electrons. The van der Waals surface area contributed by atoms with Gasteiger partial charge in [0.2, 0.25) is 0 Å². The van der Waals surface area contributed by atoms with E-state index in [1.165, 1.54) is 51.6 Å². The van der Waals surface area contributed by atoms with Crippen LogP contribution in [0.4, 0.5) is 0 Å². The first-order valence-corrected chi connectivity index (χ1v) is 8.63. The smallest absolute Gasteiger partial charge is 0.0616 e. The highest BCUT2D eigenvalue weighted by atomic mass is 16.3. The zero-order valence-corrected chi connectivity index (χ0v) is 13.7. The molecule has 3 heteroatoms. The summed E-state index contributed by atoms with van der Waals surface area (Å²) in [5.74, 6) is 1.60. The Hall–Kier alpha value is -0.120. The van der Waals surface area contributed by atoms with Crippen LogP contribution in [0.1, 0.15) is 58.8 Å². The van der Waals surface area contributed by atoms with Gasteiger partial charge in [0.25, 0.3) is 0 Å². The summed E-state index contributed by atoms with van der Waals surface area (Å²) in [6.45, 7) is 7.13. The molecule has 0 aromatic heterocycles. The van der Waals surface area contributed by atoms with Crippen molar-refractivity contribution in [3.8, 4) is 0 Å². The summed E-state index contributed by atoms with van der Waals surface area (Å²) in [7, 11) is 2.27. The predicted octanol–water partition coefficient (Wildman–Crippen LogP) is 2.64. The SMILES string of the molecule is CC(C)NC1(CO)CCCC1CCN(C)CC1CCC1. The number of nitrogens with one attached hydrogen (secondary N) is 1.